The van der Waals surface area contributed by atoms with Crippen LogP contribution in [-0.4, -0.2) is 46.7 Å². The molecule has 5 nitrogen and oxygen atoms in total. The first-order chi connectivity index (χ1) is 14.5. The third kappa shape index (κ3) is 3.88. The second-order valence-corrected chi connectivity index (χ2v) is 9.07. The van der Waals surface area contributed by atoms with Gasteiger partial charge in [0.25, 0.3) is 0 Å². The molecule has 1 aromatic carbocycles. The van der Waals surface area contributed by atoms with Crippen LogP contribution in [0.25, 0.3) is 0 Å². The van der Waals surface area contributed by atoms with Gasteiger partial charge in [0.15, 0.2) is 0 Å². The summed E-state index contributed by atoms with van der Waals surface area (Å²) < 4.78 is 14.9. The second kappa shape index (κ2) is 8.86. The van der Waals surface area contributed by atoms with Gasteiger partial charge in [-0.15, -0.1) is 0 Å². The van der Waals surface area contributed by atoms with Gasteiger partial charge in [0.05, 0.1) is 5.41 Å². The molecular weight excluding hydrogens is 383 g/mol. The van der Waals surface area contributed by atoms with Crippen LogP contribution in [0.4, 0.5) is 4.39 Å². The van der Waals surface area contributed by atoms with E-state index in [0.717, 1.165) is 57.8 Å². The second-order valence-electron chi connectivity index (χ2n) is 9.07. The number of nitrogens with zero attached hydrogens (tertiary/aromatic N) is 2. The van der Waals surface area contributed by atoms with Crippen molar-refractivity contribution < 1.29 is 18.8 Å². The Balaban J connectivity index is 1.68. The molecule has 1 saturated carbocycles. The van der Waals surface area contributed by atoms with Crippen molar-refractivity contribution in [1.82, 2.24) is 9.80 Å². The minimum Gasteiger partial charge on any atom is -0.343 e. The highest BCUT2D eigenvalue weighted by molar-refractivity contribution is 6.11. The number of carbonyl (C=O) groups is 3. The van der Waals surface area contributed by atoms with Crippen LogP contribution in [0.15, 0.2) is 24.3 Å². The molecule has 1 aromatic rings. The first-order valence-corrected chi connectivity index (χ1v) is 11.4. The molecule has 2 heterocycles. The maximum Gasteiger partial charge on any atom is 0.241 e. The molecule has 3 fully saturated rings. The highest BCUT2D eigenvalue weighted by Crippen LogP contribution is 2.43. The van der Waals surface area contributed by atoms with Crippen molar-refractivity contribution in [3.63, 3.8) is 0 Å². The van der Waals surface area contributed by atoms with E-state index in [1.54, 1.807) is 23.1 Å². The van der Waals surface area contributed by atoms with Gasteiger partial charge in [-0.1, -0.05) is 50.3 Å². The lowest BCUT2D eigenvalue weighted by Crippen LogP contribution is -2.47. The predicted molar refractivity (Wildman–Crippen MR) is 111 cm³/mol. The molecule has 3 amide bonds. The zero-order chi connectivity index (χ0) is 21.1. The molecule has 30 heavy (non-hydrogen) atoms. The van der Waals surface area contributed by atoms with E-state index in [4.69, 9.17) is 0 Å². The quantitative estimate of drug-likeness (QED) is 0.701. The van der Waals surface area contributed by atoms with Crippen LogP contribution in [-0.2, 0) is 19.8 Å². The number of imide groups is 1. The Bertz CT molecular complexity index is 812. The molecule has 0 bridgehead atoms. The van der Waals surface area contributed by atoms with Crippen molar-refractivity contribution in [1.29, 1.82) is 0 Å². The van der Waals surface area contributed by atoms with Crippen molar-refractivity contribution in [2.75, 3.05) is 13.1 Å². The summed E-state index contributed by atoms with van der Waals surface area (Å²) in [7, 11) is 0. The van der Waals surface area contributed by atoms with E-state index in [1.165, 1.54) is 11.0 Å². The third-order valence-electron chi connectivity index (χ3n) is 7.09. The monoisotopic (exact) mass is 414 g/mol. The van der Waals surface area contributed by atoms with Gasteiger partial charge < -0.3 is 4.90 Å². The molecular formula is C24H31FN2O3. The van der Waals surface area contributed by atoms with Crippen LogP contribution in [0.5, 0.6) is 0 Å². The number of benzene rings is 1. The highest BCUT2D eigenvalue weighted by Gasteiger charge is 2.56. The SMILES string of the molecule is O=C(C[C@@]1(c2ccccc2F)CC(=O)N(C2CCCCC2)C1=O)N1CCCCCC1. The average molecular weight is 415 g/mol. The molecule has 0 unspecified atom stereocenters. The van der Waals surface area contributed by atoms with Crippen molar-refractivity contribution in [3.05, 3.63) is 35.6 Å². The minimum absolute atomic E-state index is 0.122. The van der Waals surface area contributed by atoms with E-state index in [1.807, 2.05) is 0 Å². The van der Waals surface area contributed by atoms with E-state index in [2.05, 4.69) is 0 Å². The third-order valence-corrected chi connectivity index (χ3v) is 7.09. The van der Waals surface area contributed by atoms with Gasteiger partial charge in [0.2, 0.25) is 17.7 Å². The number of likely N-dealkylation sites (tertiary alicyclic amines) is 2. The lowest BCUT2D eigenvalue weighted by Gasteiger charge is -2.33. The Morgan fingerprint density at radius 2 is 1.60 bits per heavy atom. The molecule has 0 spiro atoms. The Hall–Kier alpha value is -2.24. The first kappa shape index (κ1) is 21.0. The van der Waals surface area contributed by atoms with E-state index in [0.29, 0.717) is 13.1 Å². The van der Waals surface area contributed by atoms with E-state index < -0.39 is 11.2 Å². The van der Waals surface area contributed by atoms with Crippen LogP contribution < -0.4 is 0 Å². The Labute approximate surface area is 177 Å². The number of amides is 3. The summed E-state index contributed by atoms with van der Waals surface area (Å²) in [6, 6.07) is 6.01. The molecule has 4 rings (SSSR count). The van der Waals surface area contributed by atoms with E-state index >= 15 is 0 Å². The molecule has 2 aliphatic heterocycles. The van der Waals surface area contributed by atoms with Gasteiger partial charge in [0, 0.05) is 37.5 Å². The first-order valence-electron chi connectivity index (χ1n) is 11.4. The summed E-state index contributed by atoms with van der Waals surface area (Å²) in [6.07, 6.45) is 8.49. The Kier molecular flexibility index (Phi) is 6.21. The maximum atomic E-state index is 14.9. The minimum atomic E-state index is -1.43. The number of hydrogen-bond acceptors (Lipinski definition) is 3. The molecule has 0 aromatic heterocycles. The summed E-state index contributed by atoms with van der Waals surface area (Å²) in [6.45, 7) is 1.33. The van der Waals surface area contributed by atoms with Crippen LogP contribution in [0.2, 0.25) is 0 Å². The number of carbonyl (C=O) groups excluding carboxylic acids is 3. The van der Waals surface area contributed by atoms with Gasteiger partial charge in [-0.25, -0.2) is 4.39 Å². The van der Waals surface area contributed by atoms with Crippen LogP contribution in [0.3, 0.4) is 0 Å². The lowest BCUT2D eigenvalue weighted by atomic mass is 9.75. The predicted octanol–water partition coefficient (Wildman–Crippen LogP) is 3.95. The molecule has 1 aliphatic carbocycles. The Morgan fingerprint density at radius 3 is 2.27 bits per heavy atom. The molecule has 2 saturated heterocycles. The van der Waals surface area contributed by atoms with Gasteiger partial charge >= 0.3 is 0 Å². The molecule has 6 heteroatoms. The fourth-order valence-corrected chi connectivity index (χ4v) is 5.45. The zero-order valence-electron chi connectivity index (χ0n) is 17.6. The van der Waals surface area contributed by atoms with E-state index in [9.17, 15) is 18.8 Å². The fraction of sp³-hybridized carbons (Fsp3) is 0.625. The van der Waals surface area contributed by atoms with Crippen LogP contribution >= 0.6 is 0 Å². The van der Waals surface area contributed by atoms with Crippen molar-refractivity contribution in [3.8, 4) is 0 Å². The summed E-state index contributed by atoms with van der Waals surface area (Å²) >= 11 is 0. The number of rotatable bonds is 4. The van der Waals surface area contributed by atoms with Crippen molar-refractivity contribution in [2.24, 2.45) is 0 Å². The molecule has 3 aliphatic rings. The molecule has 162 valence electrons. The smallest absolute Gasteiger partial charge is 0.241 e. The van der Waals surface area contributed by atoms with Gasteiger partial charge in [-0.2, -0.15) is 0 Å². The lowest BCUT2D eigenvalue weighted by molar-refractivity contribution is -0.145. The fourth-order valence-electron chi connectivity index (χ4n) is 5.45. The summed E-state index contributed by atoms with van der Waals surface area (Å²) in [5.41, 5.74) is -1.24. The topological polar surface area (TPSA) is 57.7 Å². The normalized spacial score (nSPS) is 26.2. The molecule has 1 atom stereocenters. The molecule has 0 radical (unpaired) electrons. The van der Waals surface area contributed by atoms with E-state index in [-0.39, 0.29) is 42.2 Å². The number of hydrogen-bond donors (Lipinski definition) is 0. The summed E-state index contributed by atoms with van der Waals surface area (Å²) in [5, 5.41) is 0. The van der Waals surface area contributed by atoms with Crippen molar-refractivity contribution >= 4 is 17.7 Å². The van der Waals surface area contributed by atoms with Gasteiger partial charge in [-0.05, 0) is 31.7 Å². The standard InChI is InChI=1S/C24H31FN2O3/c25-20-13-7-6-12-19(20)24(16-21(28)26-14-8-1-2-9-15-26)17-22(29)27(23(24)30)18-10-4-3-5-11-18/h6-7,12-13,18H,1-5,8-11,14-17H2/t24-/m0/s1. The Morgan fingerprint density at radius 1 is 0.967 bits per heavy atom. The van der Waals surface area contributed by atoms with Gasteiger partial charge in [0.1, 0.15) is 5.82 Å². The molecule has 0 N–H and O–H groups in total. The summed E-state index contributed by atoms with van der Waals surface area (Å²) in [5.74, 6) is -1.31. The number of halogens is 1. The van der Waals surface area contributed by atoms with Crippen LogP contribution in [0, 0.1) is 5.82 Å². The largest absolute Gasteiger partial charge is 0.343 e. The van der Waals surface area contributed by atoms with Crippen LogP contribution in [0.1, 0.15) is 76.2 Å². The average Bonchev–Trinajstić information content (AvgIpc) is 2.93. The maximum absolute atomic E-state index is 14.9. The highest BCUT2D eigenvalue weighted by atomic mass is 19.1. The summed E-state index contributed by atoms with van der Waals surface area (Å²) in [4.78, 5) is 43.2. The van der Waals surface area contributed by atoms with Gasteiger partial charge in [-0.3, -0.25) is 19.3 Å². The zero-order valence-corrected chi connectivity index (χ0v) is 17.6. The van der Waals surface area contributed by atoms with Crippen molar-refractivity contribution in [2.45, 2.75) is 82.1 Å².